The number of aryl methyl sites for hydroxylation is 1. The number of hydrogen-bond donors (Lipinski definition) is 2. The van der Waals surface area contributed by atoms with E-state index < -0.39 is 11.9 Å². The van der Waals surface area contributed by atoms with E-state index in [2.05, 4.69) is 10.4 Å². The van der Waals surface area contributed by atoms with E-state index >= 15 is 0 Å². The van der Waals surface area contributed by atoms with Gasteiger partial charge in [-0.1, -0.05) is 38.5 Å². The molecule has 0 aliphatic carbocycles. The zero-order valence-corrected chi connectivity index (χ0v) is 15.4. The third-order valence-electron chi connectivity index (χ3n) is 4.14. The third-order valence-corrected chi connectivity index (χ3v) is 4.40. The van der Waals surface area contributed by atoms with Gasteiger partial charge in [-0.05, 0) is 24.8 Å². The molecule has 0 saturated heterocycles. The van der Waals surface area contributed by atoms with Gasteiger partial charge in [0.25, 0.3) is 5.91 Å². The molecule has 0 bridgehead atoms. The Morgan fingerprint density at radius 3 is 2.60 bits per heavy atom. The minimum Gasteiger partial charge on any atom is -0.368 e. The van der Waals surface area contributed by atoms with Crippen molar-refractivity contribution in [2.24, 2.45) is 11.7 Å². The number of nitrogens with zero attached hydrogens (tertiary/aromatic N) is 2. The van der Waals surface area contributed by atoms with Gasteiger partial charge in [0, 0.05) is 17.8 Å². The molecule has 7 heteroatoms. The van der Waals surface area contributed by atoms with Gasteiger partial charge in [0.2, 0.25) is 5.91 Å². The summed E-state index contributed by atoms with van der Waals surface area (Å²) in [7, 11) is 0. The molecular formula is C18H25ClN4O2. The van der Waals surface area contributed by atoms with Crippen molar-refractivity contribution in [1.29, 1.82) is 0 Å². The average molecular weight is 365 g/mol. The maximum Gasteiger partial charge on any atom is 0.273 e. The number of para-hydroxylation sites is 1. The number of primary amides is 1. The van der Waals surface area contributed by atoms with Crippen molar-refractivity contribution in [3.63, 3.8) is 0 Å². The largest absolute Gasteiger partial charge is 0.368 e. The van der Waals surface area contributed by atoms with Crippen LogP contribution in [-0.4, -0.2) is 33.5 Å². The maximum atomic E-state index is 12.7. The van der Waals surface area contributed by atoms with Crippen molar-refractivity contribution in [3.8, 4) is 0 Å². The van der Waals surface area contributed by atoms with E-state index in [0.29, 0.717) is 18.1 Å². The summed E-state index contributed by atoms with van der Waals surface area (Å²) in [5, 5.41) is 7.95. The quantitative estimate of drug-likeness (QED) is 0.529. The number of nitrogens with two attached hydrogens (primary N) is 1. The van der Waals surface area contributed by atoms with Gasteiger partial charge in [0.05, 0.1) is 5.52 Å². The molecule has 0 radical (unpaired) electrons. The van der Waals surface area contributed by atoms with E-state index in [4.69, 9.17) is 17.3 Å². The highest BCUT2D eigenvalue weighted by Crippen LogP contribution is 2.19. The van der Waals surface area contributed by atoms with Gasteiger partial charge in [-0.15, -0.1) is 11.6 Å². The van der Waals surface area contributed by atoms with E-state index in [-0.39, 0.29) is 11.8 Å². The van der Waals surface area contributed by atoms with E-state index in [9.17, 15) is 9.59 Å². The standard InChI is InChI=1S/C18H25ClN4O2/c1-12(2)15(17(20)24)21-18(25)16-13-8-4-5-9-14(13)23(22-16)11-7-3-6-10-19/h4-5,8-9,12,15H,3,6-7,10-11H2,1-2H3,(H2,20,24)(H,21,25). The smallest absolute Gasteiger partial charge is 0.273 e. The molecule has 0 aliphatic rings. The predicted molar refractivity (Wildman–Crippen MR) is 99.6 cm³/mol. The van der Waals surface area contributed by atoms with Gasteiger partial charge < -0.3 is 11.1 Å². The summed E-state index contributed by atoms with van der Waals surface area (Å²) in [4.78, 5) is 24.2. The highest BCUT2D eigenvalue weighted by Gasteiger charge is 2.25. The summed E-state index contributed by atoms with van der Waals surface area (Å²) in [6.45, 7) is 4.39. The summed E-state index contributed by atoms with van der Waals surface area (Å²) >= 11 is 5.71. The molecule has 1 aromatic carbocycles. The van der Waals surface area contributed by atoms with Crippen LogP contribution >= 0.6 is 11.6 Å². The van der Waals surface area contributed by atoms with Crippen molar-refractivity contribution < 1.29 is 9.59 Å². The van der Waals surface area contributed by atoms with E-state index in [1.54, 1.807) is 0 Å². The Morgan fingerprint density at radius 1 is 1.24 bits per heavy atom. The molecule has 1 aromatic heterocycles. The Kier molecular flexibility index (Phi) is 6.82. The van der Waals surface area contributed by atoms with Crippen molar-refractivity contribution in [3.05, 3.63) is 30.0 Å². The van der Waals surface area contributed by atoms with Crippen LogP contribution in [0.25, 0.3) is 10.9 Å². The summed E-state index contributed by atoms with van der Waals surface area (Å²) in [5.74, 6) is -0.372. The van der Waals surface area contributed by atoms with Crippen LogP contribution in [0.15, 0.2) is 24.3 Å². The van der Waals surface area contributed by atoms with Gasteiger partial charge >= 0.3 is 0 Å². The molecular weight excluding hydrogens is 340 g/mol. The molecule has 0 aliphatic heterocycles. The van der Waals surface area contributed by atoms with Crippen molar-refractivity contribution in [2.75, 3.05) is 5.88 Å². The fraction of sp³-hybridized carbons (Fsp3) is 0.500. The Balaban J connectivity index is 2.25. The average Bonchev–Trinajstić information content (AvgIpc) is 2.95. The SMILES string of the molecule is CC(C)C(NC(=O)c1nn(CCCCCCl)c2ccccc12)C(N)=O. The third kappa shape index (κ3) is 4.72. The number of rotatable bonds is 9. The van der Waals surface area contributed by atoms with Crippen LogP contribution in [0.3, 0.4) is 0 Å². The van der Waals surface area contributed by atoms with Crippen LogP contribution in [-0.2, 0) is 11.3 Å². The summed E-state index contributed by atoms with van der Waals surface area (Å²) < 4.78 is 1.84. The summed E-state index contributed by atoms with van der Waals surface area (Å²) in [6.07, 6.45) is 2.91. The second-order valence-corrected chi connectivity index (χ2v) is 6.81. The van der Waals surface area contributed by atoms with E-state index in [0.717, 1.165) is 30.2 Å². The van der Waals surface area contributed by atoms with Crippen molar-refractivity contribution >= 4 is 34.3 Å². The van der Waals surface area contributed by atoms with Crippen LogP contribution < -0.4 is 11.1 Å². The minimum atomic E-state index is -0.722. The lowest BCUT2D eigenvalue weighted by molar-refractivity contribution is -0.120. The molecule has 0 saturated carbocycles. The van der Waals surface area contributed by atoms with Gasteiger partial charge in [-0.3, -0.25) is 14.3 Å². The molecule has 3 N–H and O–H groups in total. The Labute approximate surface area is 152 Å². The fourth-order valence-electron chi connectivity index (χ4n) is 2.77. The molecule has 0 spiro atoms. The first kappa shape index (κ1) is 19.2. The Morgan fingerprint density at radius 2 is 1.96 bits per heavy atom. The lowest BCUT2D eigenvalue weighted by Crippen LogP contribution is -2.47. The number of carbonyl (C=O) groups is 2. The first-order chi connectivity index (χ1) is 12.0. The normalized spacial score (nSPS) is 12.5. The van der Waals surface area contributed by atoms with Crippen LogP contribution in [0.2, 0.25) is 0 Å². The lowest BCUT2D eigenvalue weighted by Gasteiger charge is -2.18. The molecule has 0 fully saturated rings. The molecule has 2 amide bonds. The van der Waals surface area contributed by atoms with Gasteiger partial charge in [-0.25, -0.2) is 0 Å². The second-order valence-electron chi connectivity index (χ2n) is 6.44. The lowest BCUT2D eigenvalue weighted by atomic mass is 10.0. The molecule has 6 nitrogen and oxygen atoms in total. The summed E-state index contributed by atoms with van der Waals surface area (Å²) in [5.41, 5.74) is 6.61. The number of amides is 2. The minimum absolute atomic E-state index is 0.0923. The topological polar surface area (TPSA) is 90.0 Å². The molecule has 1 unspecified atom stereocenters. The van der Waals surface area contributed by atoms with Crippen LogP contribution in [0.4, 0.5) is 0 Å². The monoisotopic (exact) mass is 364 g/mol. The molecule has 136 valence electrons. The number of aromatic nitrogens is 2. The van der Waals surface area contributed by atoms with Crippen molar-refractivity contribution in [2.45, 2.75) is 45.7 Å². The molecule has 2 aromatic rings. The van der Waals surface area contributed by atoms with E-state index in [1.165, 1.54) is 0 Å². The first-order valence-corrected chi connectivity index (χ1v) is 9.10. The highest BCUT2D eigenvalue weighted by atomic mass is 35.5. The van der Waals surface area contributed by atoms with Crippen LogP contribution in [0.5, 0.6) is 0 Å². The van der Waals surface area contributed by atoms with Gasteiger partial charge in [-0.2, -0.15) is 5.10 Å². The number of nitrogens with one attached hydrogen (secondary N) is 1. The van der Waals surface area contributed by atoms with Gasteiger partial charge in [0.15, 0.2) is 5.69 Å². The fourth-order valence-corrected chi connectivity index (χ4v) is 2.96. The number of halogens is 1. The molecule has 1 atom stereocenters. The number of alkyl halides is 1. The van der Waals surface area contributed by atoms with Crippen LogP contribution in [0, 0.1) is 5.92 Å². The number of hydrogen-bond acceptors (Lipinski definition) is 3. The zero-order valence-electron chi connectivity index (χ0n) is 14.7. The Hall–Kier alpha value is -2.08. The summed E-state index contributed by atoms with van der Waals surface area (Å²) in [6, 6.07) is 6.86. The van der Waals surface area contributed by atoms with Crippen molar-refractivity contribution in [1.82, 2.24) is 15.1 Å². The van der Waals surface area contributed by atoms with E-state index in [1.807, 2.05) is 42.8 Å². The number of carbonyl (C=O) groups excluding carboxylic acids is 2. The number of unbranched alkanes of at least 4 members (excludes halogenated alkanes) is 2. The zero-order chi connectivity index (χ0) is 18.4. The van der Waals surface area contributed by atoms with Gasteiger partial charge in [0.1, 0.15) is 6.04 Å². The number of fused-ring (bicyclic) bond motifs is 1. The highest BCUT2D eigenvalue weighted by molar-refractivity contribution is 6.17. The molecule has 1 heterocycles. The Bertz CT molecular complexity index is 742. The van der Waals surface area contributed by atoms with Crippen LogP contribution in [0.1, 0.15) is 43.6 Å². The second kappa shape index (κ2) is 8.85. The maximum absolute atomic E-state index is 12.7. The first-order valence-electron chi connectivity index (χ1n) is 8.57. The molecule has 2 rings (SSSR count). The number of benzene rings is 1. The predicted octanol–water partition coefficient (Wildman–Crippen LogP) is 2.69. The molecule has 25 heavy (non-hydrogen) atoms.